The van der Waals surface area contributed by atoms with Crippen molar-refractivity contribution in [3.05, 3.63) is 40.4 Å². The van der Waals surface area contributed by atoms with E-state index in [4.69, 9.17) is 5.73 Å². The first-order valence-electron chi connectivity index (χ1n) is 4.38. The first kappa shape index (κ1) is 8.90. The molecule has 0 unspecified atom stereocenters. The van der Waals surface area contributed by atoms with Gasteiger partial charge in [-0.1, -0.05) is 12.1 Å². The van der Waals surface area contributed by atoms with Crippen LogP contribution in [0.4, 0.5) is 0 Å². The molecule has 2 rings (SSSR count). The summed E-state index contributed by atoms with van der Waals surface area (Å²) >= 11 is 0. The molecular formula is C10H11N3O. The molecule has 0 radical (unpaired) electrons. The molecule has 0 amide bonds. The molecule has 1 aromatic carbocycles. The van der Waals surface area contributed by atoms with Crippen LogP contribution in [-0.4, -0.2) is 9.55 Å². The molecule has 1 aromatic heterocycles. The lowest BCUT2D eigenvalue weighted by atomic mass is 10.2. The number of fused-ring (bicyclic) bond motifs is 1. The molecule has 4 nitrogen and oxygen atoms in total. The van der Waals surface area contributed by atoms with Crippen molar-refractivity contribution in [2.75, 3.05) is 0 Å². The minimum Gasteiger partial charge on any atom is -0.324 e. The van der Waals surface area contributed by atoms with Crippen LogP contribution in [0.2, 0.25) is 0 Å². The highest BCUT2D eigenvalue weighted by molar-refractivity contribution is 5.77. The van der Waals surface area contributed by atoms with Crippen LogP contribution in [0.5, 0.6) is 0 Å². The Labute approximate surface area is 81.0 Å². The maximum Gasteiger partial charge on any atom is 0.261 e. The van der Waals surface area contributed by atoms with E-state index in [9.17, 15) is 4.79 Å². The van der Waals surface area contributed by atoms with Crippen LogP contribution in [0.1, 0.15) is 5.82 Å². The van der Waals surface area contributed by atoms with Crippen molar-refractivity contribution < 1.29 is 0 Å². The molecule has 2 N–H and O–H groups in total. The van der Waals surface area contributed by atoms with E-state index in [0.717, 1.165) is 0 Å². The number of aromatic nitrogens is 2. The second kappa shape index (κ2) is 3.23. The van der Waals surface area contributed by atoms with Crippen molar-refractivity contribution in [1.29, 1.82) is 0 Å². The summed E-state index contributed by atoms with van der Waals surface area (Å²) in [6.07, 6.45) is 0. The lowest BCUT2D eigenvalue weighted by Crippen LogP contribution is -2.23. The first-order chi connectivity index (χ1) is 6.74. The number of hydrogen-bond acceptors (Lipinski definition) is 3. The minimum absolute atomic E-state index is 0.0453. The zero-order valence-electron chi connectivity index (χ0n) is 7.90. The van der Waals surface area contributed by atoms with Crippen LogP contribution in [0.3, 0.4) is 0 Å². The molecule has 1 heterocycles. The molecule has 72 valence electrons. The van der Waals surface area contributed by atoms with Gasteiger partial charge in [-0.25, -0.2) is 4.98 Å². The van der Waals surface area contributed by atoms with E-state index in [1.807, 2.05) is 18.2 Å². The van der Waals surface area contributed by atoms with E-state index in [-0.39, 0.29) is 12.1 Å². The van der Waals surface area contributed by atoms with Crippen molar-refractivity contribution >= 4 is 10.9 Å². The van der Waals surface area contributed by atoms with Gasteiger partial charge < -0.3 is 5.73 Å². The molecule has 0 fully saturated rings. The second-order valence-electron chi connectivity index (χ2n) is 3.11. The monoisotopic (exact) mass is 189 g/mol. The highest BCUT2D eigenvalue weighted by Gasteiger charge is 2.04. The molecule has 0 saturated heterocycles. The van der Waals surface area contributed by atoms with Crippen molar-refractivity contribution in [1.82, 2.24) is 9.55 Å². The first-order valence-corrected chi connectivity index (χ1v) is 4.38. The summed E-state index contributed by atoms with van der Waals surface area (Å²) in [7, 11) is 1.68. The quantitative estimate of drug-likeness (QED) is 0.706. The normalized spacial score (nSPS) is 10.7. The smallest absolute Gasteiger partial charge is 0.261 e. The van der Waals surface area contributed by atoms with Gasteiger partial charge in [-0.15, -0.1) is 0 Å². The van der Waals surface area contributed by atoms with Crippen molar-refractivity contribution in [2.45, 2.75) is 6.54 Å². The average Bonchev–Trinajstić information content (AvgIpc) is 2.23. The fourth-order valence-corrected chi connectivity index (χ4v) is 1.45. The summed E-state index contributed by atoms with van der Waals surface area (Å²) in [5.41, 5.74) is 6.15. The lowest BCUT2D eigenvalue weighted by molar-refractivity contribution is 0.742. The number of para-hydroxylation sites is 1. The highest BCUT2D eigenvalue weighted by Crippen LogP contribution is 2.06. The van der Waals surface area contributed by atoms with Crippen LogP contribution < -0.4 is 11.3 Å². The summed E-state index contributed by atoms with van der Waals surface area (Å²) in [6, 6.07) is 7.27. The van der Waals surface area contributed by atoms with Gasteiger partial charge in [0.15, 0.2) is 0 Å². The SMILES string of the molecule is Cn1c(CN)nc2ccccc2c1=O. The van der Waals surface area contributed by atoms with E-state index in [0.29, 0.717) is 16.7 Å². The summed E-state index contributed by atoms with van der Waals surface area (Å²) in [4.78, 5) is 16.1. The van der Waals surface area contributed by atoms with Gasteiger partial charge in [-0.05, 0) is 12.1 Å². The number of nitrogens with two attached hydrogens (primary N) is 1. The summed E-state index contributed by atoms with van der Waals surface area (Å²) < 4.78 is 1.49. The van der Waals surface area contributed by atoms with Crippen LogP contribution in [0.25, 0.3) is 10.9 Å². The van der Waals surface area contributed by atoms with Gasteiger partial charge in [0.1, 0.15) is 5.82 Å². The third kappa shape index (κ3) is 1.20. The van der Waals surface area contributed by atoms with Gasteiger partial charge in [0, 0.05) is 7.05 Å². The van der Waals surface area contributed by atoms with E-state index >= 15 is 0 Å². The fourth-order valence-electron chi connectivity index (χ4n) is 1.45. The molecule has 0 aliphatic rings. The molecule has 0 aliphatic heterocycles. The molecule has 0 spiro atoms. The molecule has 0 aliphatic carbocycles. The van der Waals surface area contributed by atoms with Crippen LogP contribution in [0.15, 0.2) is 29.1 Å². The minimum atomic E-state index is -0.0453. The average molecular weight is 189 g/mol. The van der Waals surface area contributed by atoms with E-state index in [2.05, 4.69) is 4.98 Å². The van der Waals surface area contributed by atoms with Gasteiger partial charge in [-0.2, -0.15) is 0 Å². The van der Waals surface area contributed by atoms with E-state index in [1.54, 1.807) is 13.1 Å². The maximum absolute atomic E-state index is 11.8. The Morgan fingerprint density at radius 3 is 2.86 bits per heavy atom. The van der Waals surface area contributed by atoms with Gasteiger partial charge in [0.25, 0.3) is 5.56 Å². The van der Waals surface area contributed by atoms with Crippen molar-refractivity contribution in [3.8, 4) is 0 Å². The lowest BCUT2D eigenvalue weighted by Gasteiger charge is -2.06. The Balaban J connectivity index is 2.92. The van der Waals surface area contributed by atoms with E-state index in [1.165, 1.54) is 4.57 Å². The van der Waals surface area contributed by atoms with Crippen molar-refractivity contribution in [3.63, 3.8) is 0 Å². The Bertz CT molecular complexity index is 530. The Kier molecular flexibility index (Phi) is 2.05. The zero-order valence-corrected chi connectivity index (χ0v) is 7.90. The molecule has 0 atom stereocenters. The van der Waals surface area contributed by atoms with Crippen LogP contribution >= 0.6 is 0 Å². The molecule has 2 aromatic rings. The van der Waals surface area contributed by atoms with Gasteiger partial charge in [-0.3, -0.25) is 9.36 Å². The summed E-state index contributed by atoms with van der Waals surface area (Å²) in [5.74, 6) is 0.605. The fraction of sp³-hybridized carbons (Fsp3) is 0.200. The Morgan fingerprint density at radius 2 is 2.14 bits per heavy atom. The highest BCUT2D eigenvalue weighted by atomic mass is 16.1. The van der Waals surface area contributed by atoms with Gasteiger partial charge in [0.05, 0.1) is 17.4 Å². The molecular weight excluding hydrogens is 178 g/mol. The number of rotatable bonds is 1. The zero-order chi connectivity index (χ0) is 10.1. The number of hydrogen-bond donors (Lipinski definition) is 1. The molecule has 14 heavy (non-hydrogen) atoms. The third-order valence-electron chi connectivity index (χ3n) is 2.26. The number of benzene rings is 1. The van der Waals surface area contributed by atoms with Crippen LogP contribution in [0, 0.1) is 0 Å². The van der Waals surface area contributed by atoms with Gasteiger partial charge in [0.2, 0.25) is 0 Å². The topological polar surface area (TPSA) is 60.9 Å². The maximum atomic E-state index is 11.8. The standard InChI is InChI=1S/C10H11N3O/c1-13-9(6-11)12-8-5-3-2-4-7(8)10(13)14/h2-5H,6,11H2,1H3. The summed E-state index contributed by atoms with van der Waals surface area (Å²) in [6.45, 7) is 0.274. The number of nitrogens with zero attached hydrogens (tertiary/aromatic N) is 2. The largest absolute Gasteiger partial charge is 0.324 e. The Morgan fingerprint density at radius 1 is 1.43 bits per heavy atom. The molecule has 0 bridgehead atoms. The third-order valence-corrected chi connectivity index (χ3v) is 2.26. The second-order valence-corrected chi connectivity index (χ2v) is 3.11. The van der Waals surface area contributed by atoms with Crippen LogP contribution in [-0.2, 0) is 13.6 Å². The van der Waals surface area contributed by atoms with E-state index < -0.39 is 0 Å². The summed E-state index contributed by atoms with van der Waals surface area (Å²) in [5, 5.41) is 0.632. The Hall–Kier alpha value is -1.68. The molecule has 0 saturated carbocycles. The predicted molar refractivity (Wildman–Crippen MR) is 54.9 cm³/mol. The van der Waals surface area contributed by atoms with Crippen molar-refractivity contribution in [2.24, 2.45) is 12.8 Å². The van der Waals surface area contributed by atoms with Gasteiger partial charge >= 0.3 is 0 Å². The molecule has 4 heteroatoms. The predicted octanol–water partition coefficient (Wildman–Crippen LogP) is 0.392.